The van der Waals surface area contributed by atoms with Crippen molar-refractivity contribution in [2.45, 2.75) is 44.3 Å². The number of benzene rings is 2. The molecule has 2 fully saturated rings. The summed E-state index contributed by atoms with van der Waals surface area (Å²) in [6.45, 7) is 1.43. The SMILES string of the molecule is COc1cc(/C=C/C(=O)N2CC[C@@]3(O)CCCC[C@H]3C2)ccc1OCc1c(Cl)cccc1Cl. The molecule has 7 heteroatoms. The Morgan fingerprint density at radius 3 is 2.73 bits per heavy atom. The zero-order valence-electron chi connectivity index (χ0n) is 18.7. The van der Waals surface area contributed by atoms with Crippen LogP contribution in [-0.2, 0) is 11.4 Å². The molecule has 0 radical (unpaired) electrons. The number of carbonyl (C=O) groups excluding carboxylic acids is 1. The number of ether oxygens (including phenoxy) is 2. The maximum atomic E-state index is 12.8. The van der Waals surface area contributed by atoms with Gasteiger partial charge in [-0.1, -0.05) is 48.2 Å². The Balaban J connectivity index is 1.39. The first-order chi connectivity index (χ1) is 15.9. The van der Waals surface area contributed by atoms with E-state index in [1.807, 2.05) is 17.0 Å². The quantitative estimate of drug-likeness (QED) is 0.524. The molecule has 1 aliphatic heterocycles. The molecule has 33 heavy (non-hydrogen) atoms. The van der Waals surface area contributed by atoms with Gasteiger partial charge in [0.25, 0.3) is 0 Å². The van der Waals surface area contributed by atoms with Crippen LogP contribution in [0.2, 0.25) is 10.0 Å². The van der Waals surface area contributed by atoms with Gasteiger partial charge < -0.3 is 19.5 Å². The third-order valence-electron chi connectivity index (χ3n) is 6.78. The first kappa shape index (κ1) is 23.9. The lowest BCUT2D eigenvalue weighted by molar-refractivity contribution is -0.138. The highest BCUT2D eigenvalue weighted by Gasteiger charge is 2.43. The molecular formula is C26H29Cl2NO4. The van der Waals surface area contributed by atoms with Crippen molar-refractivity contribution in [1.29, 1.82) is 0 Å². The summed E-state index contributed by atoms with van der Waals surface area (Å²) in [7, 11) is 1.57. The van der Waals surface area contributed by atoms with Crippen LogP contribution >= 0.6 is 23.2 Å². The summed E-state index contributed by atoms with van der Waals surface area (Å²) in [4.78, 5) is 14.6. The average molecular weight is 490 g/mol. The molecule has 176 valence electrons. The van der Waals surface area contributed by atoms with Crippen LogP contribution < -0.4 is 9.47 Å². The van der Waals surface area contributed by atoms with Gasteiger partial charge in [-0.3, -0.25) is 4.79 Å². The van der Waals surface area contributed by atoms with E-state index in [0.717, 1.165) is 31.2 Å². The number of methoxy groups -OCH3 is 1. The lowest BCUT2D eigenvalue weighted by atomic mass is 9.71. The molecule has 1 amide bonds. The number of amides is 1. The molecule has 0 aromatic heterocycles. The topological polar surface area (TPSA) is 59.0 Å². The van der Waals surface area contributed by atoms with Gasteiger partial charge in [-0.15, -0.1) is 0 Å². The van der Waals surface area contributed by atoms with Crippen LogP contribution in [0.25, 0.3) is 6.08 Å². The number of aliphatic hydroxyl groups is 1. The van der Waals surface area contributed by atoms with Crippen molar-refractivity contribution in [3.63, 3.8) is 0 Å². The summed E-state index contributed by atoms with van der Waals surface area (Å²) in [6.07, 6.45) is 8.07. The molecule has 0 spiro atoms. The van der Waals surface area contributed by atoms with Crippen LogP contribution in [0, 0.1) is 5.92 Å². The zero-order chi connectivity index (χ0) is 23.4. The zero-order valence-corrected chi connectivity index (χ0v) is 20.2. The summed E-state index contributed by atoms with van der Waals surface area (Å²) >= 11 is 12.4. The molecule has 2 aliphatic rings. The Bertz CT molecular complexity index is 1020. The highest BCUT2D eigenvalue weighted by Crippen LogP contribution is 2.40. The molecule has 0 unspecified atom stereocenters. The van der Waals surface area contributed by atoms with Crippen molar-refractivity contribution < 1.29 is 19.4 Å². The van der Waals surface area contributed by atoms with Crippen LogP contribution in [0.5, 0.6) is 11.5 Å². The lowest BCUT2D eigenvalue weighted by Crippen LogP contribution is -2.54. The van der Waals surface area contributed by atoms with E-state index in [1.54, 1.807) is 43.5 Å². The van der Waals surface area contributed by atoms with E-state index in [2.05, 4.69) is 0 Å². The van der Waals surface area contributed by atoms with Gasteiger partial charge in [-0.25, -0.2) is 0 Å². The largest absolute Gasteiger partial charge is 0.493 e. The molecule has 2 aromatic rings. The summed E-state index contributed by atoms with van der Waals surface area (Å²) in [6, 6.07) is 10.8. The summed E-state index contributed by atoms with van der Waals surface area (Å²) < 4.78 is 11.4. The van der Waals surface area contributed by atoms with Crippen molar-refractivity contribution in [3.05, 3.63) is 63.6 Å². The van der Waals surface area contributed by atoms with Gasteiger partial charge in [0.05, 0.1) is 12.7 Å². The van der Waals surface area contributed by atoms with Crippen molar-refractivity contribution in [3.8, 4) is 11.5 Å². The number of carbonyl (C=O) groups is 1. The fourth-order valence-corrected chi connectivity index (χ4v) is 5.28. The number of halogens is 2. The fraction of sp³-hybridized carbons (Fsp3) is 0.423. The molecule has 1 aliphatic carbocycles. The van der Waals surface area contributed by atoms with E-state index >= 15 is 0 Å². The van der Waals surface area contributed by atoms with Crippen LogP contribution in [0.15, 0.2) is 42.5 Å². The monoisotopic (exact) mass is 489 g/mol. The summed E-state index contributed by atoms with van der Waals surface area (Å²) in [5.41, 5.74) is 0.953. The molecule has 0 bridgehead atoms. The van der Waals surface area contributed by atoms with E-state index in [4.69, 9.17) is 32.7 Å². The number of fused-ring (bicyclic) bond motifs is 1. The molecule has 2 atom stereocenters. The predicted molar refractivity (Wildman–Crippen MR) is 131 cm³/mol. The minimum absolute atomic E-state index is 0.0321. The molecule has 5 nitrogen and oxygen atoms in total. The van der Waals surface area contributed by atoms with Gasteiger partial charge in [0, 0.05) is 40.7 Å². The van der Waals surface area contributed by atoms with E-state index in [9.17, 15) is 9.90 Å². The Hall–Kier alpha value is -2.21. The third-order valence-corrected chi connectivity index (χ3v) is 7.49. The standard InChI is InChI=1S/C26H29Cl2NO4/c1-32-24-15-18(8-10-23(24)33-17-20-21(27)6-4-7-22(20)28)9-11-25(30)29-14-13-26(31)12-3-2-5-19(26)16-29/h4,6-11,15,19,31H,2-3,5,12-14,16-17H2,1H3/b11-9+/t19-,26-/m0/s1. The summed E-state index contributed by atoms with van der Waals surface area (Å²) in [5.74, 6) is 1.26. The molecule has 2 aromatic carbocycles. The molecule has 1 heterocycles. The number of likely N-dealkylation sites (tertiary alicyclic amines) is 1. The van der Waals surface area contributed by atoms with Gasteiger partial charge in [0.2, 0.25) is 5.91 Å². The van der Waals surface area contributed by atoms with E-state index in [1.165, 1.54) is 0 Å². The van der Waals surface area contributed by atoms with E-state index in [0.29, 0.717) is 46.6 Å². The molecular weight excluding hydrogens is 461 g/mol. The normalized spacial score (nSPS) is 22.8. The maximum Gasteiger partial charge on any atom is 0.246 e. The Morgan fingerprint density at radius 1 is 1.18 bits per heavy atom. The third kappa shape index (κ3) is 5.48. The van der Waals surface area contributed by atoms with Crippen molar-refractivity contribution in [2.75, 3.05) is 20.2 Å². The fourth-order valence-electron chi connectivity index (χ4n) is 4.77. The van der Waals surface area contributed by atoms with Crippen LogP contribution in [-0.4, -0.2) is 41.7 Å². The Labute approximate surface area is 204 Å². The Morgan fingerprint density at radius 2 is 1.97 bits per heavy atom. The lowest BCUT2D eigenvalue weighted by Gasteiger charge is -2.47. The average Bonchev–Trinajstić information content (AvgIpc) is 2.82. The highest BCUT2D eigenvalue weighted by atomic mass is 35.5. The van der Waals surface area contributed by atoms with Gasteiger partial charge in [-0.2, -0.15) is 0 Å². The van der Waals surface area contributed by atoms with E-state index < -0.39 is 5.60 Å². The van der Waals surface area contributed by atoms with Crippen LogP contribution in [0.1, 0.15) is 43.2 Å². The number of hydrogen-bond donors (Lipinski definition) is 1. The highest BCUT2D eigenvalue weighted by molar-refractivity contribution is 6.35. The second kappa shape index (κ2) is 10.4. The molecule has 1 saturated heterocycles. The minimum atomic E-state index is -0.587. The number of piperidine rings is 1. The van der Waals surface area contributed by atoms with Crippen molar-refractivity contribution >= 4 is 35.2 Å². The molecule has 1 N–H and O–H groups in total. The molecule has 4 rings (SSSR count). The maximum absolute atomic E-state index is 12.8. The Kier molecular flexibility index (Phi) is 7.52. The number of nitrogens with zero attached hydrogens (tertiary/aromatic N) is 1. The van der Waals surface area contributed by atoms with Crippen LogP contribution in [0.3, 0.4) is 0 Å². The first-order valence-electron chi connectivity index (χ1n) is 11.3. The first-order valence-corrected chi connectivity index (χ1v) is 12.1. The number of hydrogen-bond acceptors (Lipinski definition) is 4. The van der Waals surface area contributed by atoms with Crippen molar-refractivity contribution in [1.82, 2.24) is 4.90 Å². The predicted octanol–water partition coefficient (Wildman–Crippen LogP) is 5.75. The second-order valence-electron chi connectivity index (χ2n) is 8.81. The smallest absolute Gasteiger partial charge is 0.246 e. The second-order valence-corrected chi connectivity index (χ2v) is 9.63. The van der Waals surface area contributed by atoms with Gasteiger partial charge in [0.1, 0.15) is 6.61 Å². The van der Waals surface area contributed by atoms with Crippen molar-refractivity contribution in [2.24, 2.45) is 5.92 Å². The number of rotatable bonds is 6. The minimum Gasteiger partial charge on any atom is -0.493 e. The molecule has 1 saturated carbocycles. The van der Waals surface area contributed by atoms with E-state index in [-0.39, 0.29) is 18.4 Å². The van der Waals surface area contributed by atoms with Gasteiger partial charge in [0.15, 0.2) is 11.5 Å². The summed E-state index contributed by atoms with van der Waals surface area (Å²) in [5, 5.41) is 11.9. The van der Waals surface area contributed by atoms with Gasteiger partial charge >= 0.3 is 0 Å². The van der Waals surface area contributed by atoms with Crippen LogP contribution in [0.4, 0.5) is 0 Å². The van der Waals surface area contributed by atoms with Gasteiger partial charge in [-0.05, 0) is 55.2 Å².